The molecule has 5 aromatic rings. The zero-order chi connectivity index (χ0) is 24.6. The number of benzene rings is 4. The number of rotatable bonds is 4. The van der Waals surface area contributed by atoms with Gasteiger partial charge in [0.1, 0.15) is 5.75 Å². The van der Waals surface area contributed by atoms with E-state index in [2.05, 4.69) is 34.6 Å². The highest BCUT2D eigenvalue weighted by Gasteiger charge is 2.18. The van der Waals surface area contributed by atoms with E-state index in [4.69, 9.17) is 4.74 Å². The maximum atomic E-state index is 13.2. The first-order chi connectivity index (χ1) is 17.6. The quantitative estimate of drug-likeness (QED) is 0.265. The van der Waals surface area contributed by atoms with Crippen LogP contribution in [0.4, 0.5) is 17.1 Å². The minimum absolute atomic E-state index is 0.0610. The number of aliphatic imine (C=N–C) groups is 1. The molecule has 2 heterocycles. The van der Waals surface area contributed by atoms with Gasteiger partial charge in [-0.05, 0) is 73.2 Å². The number of nitrogens with zero attached hydrogens (tertiary/aromatic N) is 2. The van der Waals surface area contributed by atoms with Crippen LogP contribution in [-0.2, 0) is 0 Å². The summed E-state index contributed by atoms with van der Waals surface area (Å²) in [5, 5.41) is 4.59. The molecule has 6 heteroatoms. The van der Waals surface area contributed by atoms with Gasteiger partial charge in [-0.1, -0.05) is 36.0 Å². The lowest BCUT2D eigenvalue weighted by atomic mass is 10.1. The van der Waals surface area contributed by atoms with Crippen molar-refractivity contribution in [2.24, 2.45) is 4.99 Å². The molecular weight excluding hydrogens is 466 g/mol. The Labute approximate surface area is 213 Å². The fourth-order valence-corrected chi connectivity index (χ4v) is 5.50. The molecule has 0 saturated carbocycles. The first kappa shape index (κ1) is 22.2. The Balaban J connectivity index is 1.40. The van der Waals surface area contributed by atoms with Crippen molar-refractivity contribution in [2.45, 2.75) is 16.7 Å². The average Bonchev–Trinajstić information content (AvgIpc) is 2.90. The van der Waals surface area contributed by atoms with E-state index in [1.54, 1.807) is 35.7 Å². The Hall–Kier alpha value is -4.29. The standard InChI is InChI=1S/C30H23N3O2S/c1-19-15-30(34)33(22-13-11-21(12-14-22)31-18-20-7-3-5-9-27(20)35-2)26-17-25-29(16-23(19)26)36-28-10-6-4-8-24(28)32-25/h3-18,32H,1-2H3. The molecule has 0 spiro atoms. The molecule has 36 heavy (non-hydrogen) atoms. The zero-order valence-electron chi connectivity index (χ0n) is 19.9. The third-order valence-corrected chi connectivity index (χ3v) is 7.43. The molecule has 0 atom stereocenters. The van der Waals surface area contributed by atoms with Crippen molar-refractivity contribution in [3.05, 3.63) is 112 Å². The molecular formula is C30H23N3O2S. The van der Waals surface area contributed by atoms with E-state index >= 15 is 0 Å². The summed E-state index contributed by atoms with van der Waals surface area (Å²) in [5.74, 6) is 0.772. The number of hydrogen-bond acceptors (Lipinski definition) is 5. The number of aromatic nitrogens is 1. The highest BCUT2D eigenvalue weighted by molar-refractivity contribution is 7.99. The SMILES string of the molecule is COc1ccccc1C=Nc1ccc(-n2c(=O)cc(C)c3cc4c(cc32)Nc2ccccc2S4)cc1. The molecule has 176 valence electrons. The number of para-hydroxylation sites is 2. The molecule has 1 aliphatic heterocycles. The van der Waals surface area contributed by atoms with E-state index < -0.39 is 0 Å². The fraction of sp³-hybridized carbons (Fsp3) is 0.0667. The normalized spacial score (nSPS) is 12.3. The van der Waals surface area contributed by atoms with Crippen LogP contribution in [0.1, 0.15) is 11.1 Å². The summed E-state index contributed by atoms with van der Waals surface area (Å²) < 4.78 is 7.16. The van der Waals surface area contributed by atoms with Gasteiger partial charge in [0.05, 0.1) is 29.7 Å². The minimum atomic E-state index is -0.0610. The van der Waals surface area contributed by atoms with Crippen molar-refractivity contribution < 1.29 is 4.74 Å². The predicted molar refractivity (Wildman–Crippen MR) is 148 cm³/mol. The molecule has 0 aliphatic carbocycles. The maximum Gasteiger partial charge on any atom is 0.255 e. The van der Waals surface area contributed by atoms with Crippen LogP contribution in [0.5, 0.6) is 5.75 Å². The van der Waals surface area contributed by atoms with Gasteiger partial charge in [-0.3, -0.25) is 14.4 Å². The molecule has 6 rings (SSSR count). The second-order valence-corrected chi connectivity index (χ2v) is 9.69. The number of anilines is 2. The lowest BCUT2D eigenvalue weighted by Crippen LogP contribution is -2.18. The van der Waals surface area contributed by atoms with Crippen molar-refractivity contribution >= 4 is 45.9 Å². The highest BCUT2D eigenvalue weighted by atomic mass is 32.2. The number of pyridine rings is 1. The number of methoxy groups -OCH3 is 1. The van der Waals surface area contributed by atoms with Crippen LogP contribution in [0.25, 0.3) is 16.6 Å². The smallest absolute Gasteiger partial charge is 0.255 e. The molecule has 0 fully saturated rings. The maximum absolute atomic E-state index is 13.2. The largest absolute Gasteiger partial charge is 0.496 e. The molecule has 5 nitrogen and oxygen atoms in total. The summed E-state index contributed by atoms with van der Waals surface area (Å²) in [5.41, 5.74) is 6.35. The first-order valence-corrected chi connectivity index (χ1v) is 12.4. The lowest BCUT2D eigenvalue weighted by Gasteiger charge is -2.22. The van der Waals surface area contributed by atoms with Crippen LogP contribution in [0.3, 0.4) is 0 Å². The third kappa shape index (κ3) is 3.95. The monoisotopic (exact) mass is 489 g/mol. The van der Waals surface area contributed by atoms with Crippen LogP contribution in [-0.4, -0.2) is 17.9 Å². The van der Waals surface area contributed by atoms with Crippen molar-refractivity contribution in [3.63, 3.8) is 0 Å². The highest BCUT2D eigenvalue weighted by Crippen LogP contribution is 2.45. The van der Waals surface area contributed by atoms with Gasteiger partial charge in [0, 0.05) is 38.7 Å². The third-order valence-electron chi connectivity index (χ3n) is 6.30. The van der Waals surface area contributed by atoms with Crippen LogP contribution in [0.2, 0.25) is 0 Å². The van der Waals surface area contributed by atoms with Crippen LogP contribution in [0.15, 0.2) is 111 Å². The molecule has 1 aromatic heterocycles. The molecule has 0 bridgehead atoms. The minimum Gasteiger partial charge on any atom is -0.496 e. The van der Waals surface area contributed by atoms with Gasteiger partial charge < -0.3 is 10.1 Å². The summed E-state index contributed by atoms with van der Waals surface area (Å²) in [7, 11) is 1.65. The van der Waals surface area contributed by atoms with Gasteiger partial charge in [0.15, 0.2) is 0 Å². The Morgan fingerprint density at radius 1 is 0.889 bits per heavy atom. The second-order valence-electron chi connectivity index (χ2n) is 8.61. The summed E-state index contributed by atoms with van der Waals surface area (Å²) in [6, 6.07) is 29.7. The Morgan fingerprint density at radius 2 is 1.67 bits per heavy atom. The number of fused-ring (bicyclic) bond motifs is 3. The van der Waals surface area contributed by atoms with Crippen molar-refractivity contribution in [1.82, 2.24) is 4.57 Å². The van der Waals surface area contributed by atoms with E-state index in [1.165, 1.54) is 4.90 Å². The van der Waals surface area contributed by atoms with Crippen LogP contribution in [0, 0.1) is 6.92 Å². The van der Waals surface area contributed by atoms with E-state index in [0.717, 1.165) is 55.4 Å². The first-order valence-electron chi connectivity index (χ1n) is 11.6. The molecule has 0 radical (unpaired) electrons. The Kier molecular flexibility index (Phi) is 5.58. The number of aryl methyl sites for hydroxylation is 1. The summed E-state index contributed by atoms with van der Waals surface area (Å²) >= 11 is 1.75. The molecule has 1 N–H and O–H groups in total. The van der Waals surface area contributed by atoms with E-state index in [9.17, 15) is 4.79 Å². The van der Waals surface area contributed by atoms with Crippen LogP contribution >= 0.6 is 11.8 Å². The Bertz CT molecular complexity index is 1700. The van der Waals surface area contributed by atoms with E-state index in [1.807, 2.05) is 67.6 Å². The molecule has 0 saturated heterocycles. The number of hydrogen-bond donors (Lipinski definition) is 1. The second kappa shape index (κ2) is 9.06. The van der Waals surface area contributed by atoms with Gasteiger partial charge in [0.2, 0.25) is 0 Å². The topological polar surface area (TPSA) is 55.6 Å². The van der Waals surface area contributed by atoms with Gasteiger partial charge >= 0.3 is 0 Å². The van der Waals surface area contributed by atoms with Gasteiger partial charge in [0.25, 0.3) is 5.56 Å². The molecule has 1 aliphatic rings. The predicted octanol–water partition coefficient (Wildman–Crippen LogP) is 7.27. The van der Waals surface area contributed by atoms with E-state index in [-0.39, 0.29) is 5.56 Å². The average molecular weight is 490 g/mol. The molecule has 0 amide bonds. The summed E-state index contributed by atoms with van der Waals surface area (Å²) in [6.45, 7) is 1.99. The Morgan fingerprint density at radius 3 is 2.50 bits per heavy atom. The zero-order valence-corrected chi connectivity index (χ0v) is 20.7. The van der Waals surface area contributed by atoms with E-state index in [0.29, 0.717) is 0 Å². The number of nitrogens with one attached hydrogen (secondary N) is 1. The summed E-state index contributed by atoms with van der Waals surface area (Å²) in [6.07, 6.45) is 1.79. The fourth-order valence-electron chi connectivity index (χ4n) is 4.49. The van der Waals surface area contributed by atoms with Crippen LogP contribution < -0.4 is 15.6 Å². The lowest BCUT2D eigenvalue weighted by molar-refractivity contribution is 0.414. The van der Waals surface area contributed by atoms with Gasteiger partial charge in [-0.2, -0.15) is 0 Å². The molecule has 0 unspecified atom stereocenters. The van der Waals surface area contributed by atoms with Crippen molar-refractivity contribution in [2.75, 3.05) is 12.4 Å². The van der Waals surface area contributed by atoms with Gasteiger partial charge in [-0.15, -0.1) is 0 Å². The van der Waals surface area contributed by atoms with Gasteiger partial charge in [-0.25, -0.2) is 0 Å². The van der Waals surface area contributed by atoms with Crippen molar-refractivity contribution in [1.29, 1.82) is 0 Å². The molecule has 4 aromatic carbocycles. The summed E-state index contributed by atoms with van der Waals surface area (Å²) in [4.78, 5) is 20.1. The number of ether oxygens (including phenoxy) is 1. The van der Waals surface area contributed by atoms with Crippen molar-refractivity contribution in [3.8, 4) is 11.4 Å².